The predicted octanol–water partition coefficient (Wildman–Crippen LogP) is 3.41. The number of aromatic nitrogens is 2. The van der Waals surface area contributed by atoms with Gasteiger partial charge in [0.15, 0.2) is 0 Å². The lowest BCUT2D eigenvalue weighted by molar-refractivity contribution is 0.369. The average Bonchev–Trinajstić information content (AvgIpc) is 2.65. The number of hydrogen-bond donors (Lipinski definition) is 1. The van der Waals surface area contributed by atoms with E-state index in [1.54, 1.807) is 39.5 Å². The lowest BCUT2D eigenvalue weighted by Crippen LogP contribution is -2.06. The van der Waals surface area contributed by atoms with Gasteiger partial charge in [0.25, 0.3) is 0 Å². The molecule has 6 nitrogen and oxygen atoms in total. The van der Waals surface area contributed by atoms with E-state index in [-0.39, 0.29) is 5.82 Å². The van der Waals surface area contributed by atoms with Gasteiger partial charge in [-0.05, 0) is 18.2 Å². The van der Waals surface area contributed by atoms with Gasteiger partial charge in [0.1, 0.15) is 35.2 Å². The van der Waals surface area contributed by atoms with Crippen LogP contribution in [0.4, 0.5) is 10.2 Å². The summed E-state index contributed by atoms with van der Waals surface area (Å²) >= 11 is 0. The van der Waals surface area contributed by atoms with Crippen LogP contribution in [0.1, 0.15) is 5.56 Å². The number of benzene rings is 2. The van der Waals surface area contributed by atoms with Crippen molar-refractivity contribution in [3.05, 3.63) is 48.0 Å². The fraction of sp³-hybridized carbons (Fsp3) is 0.222. The highest BCUT2D eigenvalue weighted by molar-refractivity contribution is 5.88. The van der Waals surface area contributed by atoms with Crippen molar-refractivity contribution in [1.29, 1.82) is 0 Å². The fourth-order valence-electron chi connectivity index (χ4n) is 2.59. The molecule has 1 N–H and O–H groups in total. The average molecular weight is 343 g/mol. The first-order chi connectivity index (χ1) is 12.2. The molecule has 0 saturated heterocycles. The lowest BCUT2D eigenvalue weighted by atomic mass is 10.1. The van der Waals surface area contributed by atoms with Crippen LogP contribution < -0.4 is 19.5 Å². The van der Waals surface area contributed by atoms with Gasteiger partial charge in [0, 0.05) is 24.1 Å². The minimum Gasteiger partial charge on any atom is -0.496 e. The van der Waals surface area contributed by atoms with Crippen LogP contribution in [0.5, 0.6) is 17.2 Å². The highest BCUT2D eigenvalue weighted by atomic mass is 19.1. The number of fused-ring (bicyclic) bond motifs is 1. The van der Waals surface area contributed by atoms with Crippen molar-refractivity contribution in [2.75, 3.05) is 26.6 Å². The minimum atomic E-state index is -0.343. The topological polar surface area (TPSA) is 65.5 Å². The van der Waals surface area contributed by atoms with E-state index in [1.165, 1.54) is 18.5 Å². The van der Waals surface area contributed by atoms with Crippen LogP contribution >= 0.6 is 0 Å². The summed E-state index contributed by atoms with van der Waals surface area (Å²) in [4.78, 5) is 8.36. The predicted molar refractivity (Wildman–Crippen MR) is 92.9 cm³/mol. The van der Waals surface area contributed by atoms with Crippen molar-refractivity contribution < 1.29 is 18.6 Å². The minimum absolute atomic E-state index is 0.343. The monoisotopic (exact) mass is 343 g/mol. The van der Waals surface area contributed by atoms with E-state index in [0.717, 1.165) is 5.56 Å². The molecule has 25 heavy (non-hydrogen) atoms. The van der Waals surface area contributed by atoms with Gasteiger partial charge in [-0.1, -0.05) is 0 Å². The van der Waals surface area contributed by atoms with E-state index in [1.807, 2.05) is 0 Å². The van der Waals surface area contributed by atoms with Gasteiger partial charge in [0.05, 0.1) is 32.4 Å². The molecule has 2 aromatic carbocycles. The summed E-state index contributed by atoms with van der Waals surface area (Å²) in [5, 5.41) is 3.80. The first-order valence-corrected chi connectivity index (χ1v) is 7.59. The highest BCUT2D eigenvalue weighted by Crippen LogP contribution is 2.34. The highest BCUT2D eigenvalue weighted by Gasteiger charge is 2.14. The van der Waals surface area contributed by atoms with Crippen LogP contribution in [0, 0.1) is 5.82 Å². The molecule has 1 heterocycles. The molecule has 0 aliphatic heterocycles. The number of ether oxygens (including phenoxy) is 3. The Bertz CT molecular complexity index is 877. The third-order valence-electron chi connectivity index (χ3n) is 3.85. The largest absolute Gasteiger partial charge is 0.496 e. The van der Waals surface area contributed by atoms with Gasteiger partial charge >= 0.3 is 0 Å². The first-order valence-electron chi connectivity index (χ1n) is 7.59. The van der Waals surface area contributed by atoms with Crippen LogP contribution in [0.2, 0.25) is 0 Å². The number of nitrogens with one attached hydrogen (secondary N) is 1. The zero-order chi connectivity index (χ0) is 17.8. The van der Waals surface area contributed by atoms with Crippen molar-refractivity contribution in [3.63, 3.8) is 0 Å². The van der Waals surface area contributed by atoms with Gasteiger partial charge in [-0.15, -0.1) is 0 Å². The third-order valence-corrected chi connectivity index (χ3v) is 3.85. The number of hydrogen-bond acceptors (Lipinski definition) is 6. The van der Waals surface area contributed by atoms with E-state index >= 15 is 0 Å². The molecule has 0 amide bonds. The Morgan fingerprint density at radius 2 is 1.68 bits per heavy atom. The summed E-state index contributed by atoms with van der Waals surface area (Å²) in [7, 11) is 4.73. The van der Waals surface area contributed by atoms with Crippen LogP contribution in [0.15, 0.2) is 36.7 Å². The smallest absolute Gasteiger partial charge is 0.137 e. The van der Waals surface area contributed by atoms with Crippen molar-refractivity contribution >= 4 is 16.7 Å². The number of halogens is 1. The Labute approximate surface area is 144 Å². The maximum atomic E-state index is 13.6. The van der Waals surface area contributed by atoms with Gasteiger partial charge in [-0.3, -0.25) is 0 Å². The second kappa shape index (κ2) is 7.21. The van der Waals surface area contributed by atoms with Crippen molar-refractivity contribution in [2.45, 2.75) is 6.54 Å². The molecule has 0 saturated carbocycles. The molecule has 0 atom stereocenters. The van der Waals surface area contributed by atoms with Crippen LogP contribution in [-0.2, 0) is 6.54 Å². The van der Waals surface area contributed by atoms with E-state index < -0.39 is 0 Å². The van der Waals surface area contributed by atoms with Crippen molar-refractivity contribution in [1.82, 2.24) is 9.97 Å². The molecule has 0 radical (unpaired) electrons. The molecule has 3 rings (SSSR count). The van der Waals surface area contributed by atoms with Crippen LogP contribution in [0.25, 0.3) is 10.9 Å². The van der Waals surface area contributed by atoms with Gasteiger partial charge in [-0.25, -0.2) is 14.4 Å². The maximum Gasteiger partial charge on any atom is 0.137 e. The molecule has 0 spiro atoms. The molecular weight excluding hydrogens is 325 g/mol. The Kier molecular flexibility index (Phi) is 4.83. The summed E-state index contributed by atoms with van der Waals surface area (Å²) in [5.41, 5.74) is 1.46. The number of methoxy groups -OCH3 is 3. The summed E-state index contributed by atoms with van der Waals surface area (Å²) < 4.78 is 29.7. The van der Waals surface area contributed by atoms with E-state index in [0.29, 0.717) is 40.5 Å². The lowest BCUT2D eigenvalue weighted by Gasteiger charge is -2.16. The van der Waals surface area contributed by atoms with Crippen molar-refractivity contribution in [2.24, 2.45) is 0 Å². The summed E-state index contributed by atoms with van der Waals surface area (Å²) in [6, 6.07) is 7.94. The molecule has 0 unspecified atom stereocenters. The van der Waals surface area contributed by atoms with E-state index in [2.05, 4.69) is 15.3 Å². The standard InChI is InChI=1S/C18H18FN3O3/c1-23-12-7-16(24-2)14(17(8-12)25-3)9-20-18-13-6-11(19)4-5-15(13)21-10-22-18/h4-8,10H,9H2,1-3H3,(H,20,21,22). The summed E-state index contributed by atoms with van der Waals surface area (Å²) in [6.45, 7) is 0.374. The van der Waals surface area contributed by atoms with Crippen LogP contribution in [-0.4, -0.2) is 31.3 Å². The van der Waals surface area contributed by atoms with E-state index in [9.17, 15) is 4.39 Å². The number of nitrogens with zero attached hydrogens (tertiary/aromatic N) is 2. The normalized spacial score (nSPS) is 10.6. The van der Waals surface area contributed by atoms with Crippen molar-refractivity contribution in [3.8, 4) is 17.2 Å². The number of rotatable bonds is 6. The SMILES string of the molecule is COc1cc(OC)c(CNc2ncnc3ccc(F)cc23)c(OC)c1. The molecular formula is C18H18FN3O3. The second-order valence-electron chi connectivity index (χ2n) is 5.25. The Hall–Kier alpha value is -3.09. The Balaban J connectivity index is 1.95. The zero-order valence-corrected chi connectivity index (χ0v) is 14.2. The molecule has 0 bridgehead atoms. The van der Waals surface area contributed by atoms with Gasteiger partial charge < -0.3 is 19.5 Å². The summed E-state index contributed by atoms with van der Waals surface area (Å²) in [6.07, 6.45) is 1.44. The molecule has 0 aliphatic rings. The molecule has 7 heteroatoms. The summed E-state index contributed by atoms with van der Waals surface area (Å²) in [5.74, 6) is 2.06. The Morgan fingerprint density at radius 1 is 0.960 bits per heavy atom. The second-order valence-corrected chi connectivity index (χ2v) is 5.25. The maximum absolute atomic E-state index is 13.6. The molecule has 1 aromatic heterocycles. The Morgan fingerprint density at radius 3 is 2.32 bits per heavy atom. The number of anilines is 1. The zero-order valence-electron chi connectivity index (χ0n) is 14.2. The fourth-order valence-corrected chi connectivity index (χ4v) is 2.59. The molecule has 130 valence electrons. The van der Waals surface area contributed by atoms with Gasteiger partial charge in [-0.2, -0.15) is 0 Å². The molecule has 0 fully saturated rings. The third kappa shape index (κ3) is 3.40. The molecule has 0 aliphatic carbocycles. The van der Waals surface area contributed by atoms with E-state index in [4.69, 9.17) is 14.2 Å². The van der Waals surface area contributed by atoms with Gasteiger partial charge in [0.2, 0.25) is 0 Å². The van der Waals surface area contributed by atoms with Crippen LogP contribution in [0.3, 0.4) is 0 Å². The quantitative estimate of drug-likeness (QED) is 0.740. The molecule has 3 aromatic rings. The first kappa shape index (κ1) is 16.8.